The van der Waals surface area contributed by atoms with Gasteiger partial charge in [-0.1, -0.05) is 12.8 Å². The van der Waals surface area contributed by atoms with Gasteiger partial charge in [0.05, 0.1) is 23.2 Å². The highest BCUT2D eigenvalue weighted by Crippen LogP contribution is 2.33. The van der Waals surface area contributed by atoms with Gasteiger partial charge in [0.25, 0.3) is 5.69 Å². The van der Waals surface area contributed by atoms with E-state index < -0.39 is 10.5 Å². The van der Waals surface area contributed by atoms with Crippen molar-refractivity contribution in [1.29, 1.82) is 0 Å². The molecule has 116 valence electrons. The van der Waals surface area contributed by atoms with Gasteiger partial charge in [-0.2, -0.15) is 0 Å². The SMILES string of the molecule is CCOc1cc(N(C)CC2(O)CCCC2)cc([N+](=O)[O-])c1. The van der Waals surface area contributed by atoms with Gasteiger partial charge in [0.1, 0.15) is 5.75 Å². The molecular weight excluding hydrogens is 272 g/mol. The fourth-order valence-electron chi connectivity index (χ4n) is 2.87. The highest BCUT2D eigenvalue weighted by atomic mass is 16.6. The Balaban J connectivity index is 2.22. The van der Waals surface area contributed by atoms with Crippen molar-refractivity contribution in [3.8, 4) is 5.75 Å². The molecule has 0 amide bonds. The zero-order chi connectivity index (χ0) is 15.5. The maximum Gasteiger partial charge on any atom is 0.275 e. The molecule has 0 heterocycles. The van der Waals surface area contributed by atoms with E-state index in [1.807, 2.05) is 18.9 Å². The second-order valence-electron chi connectivity index (χ2n) is 5.66. The highest BCUT2D eigenvalue weighted by molar-refractivity contribution is 5.57. The molecule has 0 bridgehead atoms. The second kappa shape index (κ2) is 6.30. The molecule has 1 aromatic rings. The maximum absolute atomic E-state index is 11.0. The number of non-ortho nitro benzene ring substituents is 1. The van der Waals surface area contributed by atoms with Crippen LogP contribution in [0.5, 0.6) is 5.75 Å². The van der Waals surface area contributed by atoms with Gasteiger partial charge in [-0.25, -0.2) is 0 Å². The lowest BCUT2D eigenvalue weighted by atomic mass is 10.0. The summed E-state index contributed by atoms with van der Waals surface area (Å²) in [5.41, 5.74) is -0.000276. The number of aliphatic hydroxyl groups is 1. The third kappa shape index (κ3) is 3.85. The summed E-state index contributed by atoms with van der Waals surface area (Å²) in [7, 11) is 1.84. The molecule has 1 aliphatic carbocycles. The Bertz CT molecular complexity index is 512. The van der Waals surface area contributed by atoms with Crippen LogP contribution in [0, 0.1) is 10.1 Å². The van der Waals surface area contributed by atoms with Crippen LogP contribution < -0.4 is 9.64 Å². The quantitative estimate of drug-likeness (QED) is 0.645. The average molecular weight is 294 g/mol. The number of nitro groups is 1. The summed E-state index contributed by atoms with van der Waals surface area (Å²) in [6.45, 7) is 2.76. The van der Waals surface area contributed by atoms with Gasteiger partial charge in [0, 0.05) is 31.4 Å². The van der Waals surface area contributed by atoms with Crippen LogP contribution in [0.15, 0.2) is 18.2 Å². The molecule has 0 radical (unpaired) electrons. The first-order valence-electron chi connectivity index (χ1n) is 7.29. The van der Waals surface area contributed by atoms with Gasteiger partial charge in [-0.05, 0) is 19.8 Å². The molecule has 0 spiro atoms. The van der Waals surface area contributed by atoms with Crippen molar-refractivity contribution in [2.24, 2.45) is 0 Å². The van der Waals surface area contributed by atoms with Crippen molar-refractivity contribution in [2.75, 3.05) is 25.1 Å². The lowest BCUT2D eigenvalue weighted by Gasteiger charge is -2.30. The van der Waals surface area contributed by atoms with Crippen molar-refractivity contribution < 1.29 is 14.8 Å². The molecule has 1 saturated carbocycles. The van der Waals surface area contributed by atoms with E-state index in [2.05, 4.69) is 0 Å². The molecule has 6 nitrogen and oxygen atoms in total. The summed E-state index contributed by atoms with van der Waals surface area (Å²) in [5.74, 6) is 0.479. The molecule has 0 aromatic heterocycles. The van der Waals surface area contributed by atoms with Gasteiger partial charge in [0.2, 0.25) is 0 Å². The first-order chi connectivity index (χ1) is 9.93. The summed E-state index contributed by atoms with van der Waals surface area (Å²) in [6.07, 6.45) is 3.63. The molecule has 1 aliphatic rings. The van der Waals surface area contributed by atoms with E-state index in [1.54, 1.807) is 6.07 Å². The number of ether oxygens (including phenoxy) is 1. The first kappa shape index (κ1) is 15.6. The largest absolute Gasteiger partial charge is 0.494 e. The lowest BCUT2D eigenvalue weighted by molar-refractivity contribution is -0.384. The number of benzene rings is 1. The van der Waals surface area contributed by atoms with Gasteiger partial charge < -0.3 is 14.7 Å². The van der Waals surface area contributed by atoms with Crippen LogP contribution in [0.3, 0.4) is 0 Å². The number of anilines is 1. The first-order valence-corrected chi connectivity index (χ1v) is 7.29. The Morgan fingerprint density at radius 2 is 2.05 bits per heavy atom. The fourth-order valence-corrected chi connectivity index (χ4v) is 2.87. The van der Waals surface area contributed by atoms with Crippen molar-refractivity contribution >= 4 is 11.4 Å². The molecule has 1 fully saturated rings. The van der Waals surface area contributed by atoms with Gasteiger partial charge in [0.15, 0.2) is 0 Å². The summed E-state index contributed by atoms with van der Waals surface area (Å²) >= 11 is 0. The van der Waals surface area contributed by atoms with Gasteiger partial charge in [-0.3, -0.25) is 10.1 Å². The Morgan fingerprint density at radius 3 is 2.62 bits per heavy atom. The van der Waals surface area contributed by atoms with E-state index in [4.69, 9.17) is 4.74 Å². The monoisotopic (exact) mass is 294 g/mol. The van der Waals surface area contributed by atoms with Crippen molar-refractivity contribution in [1.82, 2.24) is 0 Å². The zero-order valence-electron chi connectivity index (χ0n) is 12.5. The Hall–Kier alpha value is -1.82. The van der Waals surface area contributed by atoms with E-state index in [-0.39, 0.29) is 5.69 Å². The molecule has 0 unspecified atom stereocenters. The zero-order valence-corrected chi connectivity index (χ0v) is 12.5. The topological polar surface area (TPSA) is 75.8 Å². The lowest BCUT2D eigenvalue weighted by Crippen LogP contribution is -2.39. The van der Waals surface area contributed by atoms with Crippen LogP contribution in [0.4, 0.5) is 11.4 Å². The molecule has 6 heteroatoms. The van der Waals surface area contributed by atoms with Crippen molar-refractivity contribution in [2.45, 2.75) is 38.2 Å². The minimum atomic E-state index is -0.689. The molecule has 21 heavy (non-hydrogen) atoms. The normalized spacial score (nSPS) is 16.7. The second-order valence-corrected chi connectivity index (χ2v) is 5.66. The molecule has 0 aliphatic heterocycles. The Morgan fingerprint density at radius 1 is 1.38 bits per heavy atom. The molecular formula is C15H22N2O4. The smallest absolute Gasteiger partial charge is 0.275 e. The Kier molecular flexibility index (Phi) is 4.67. The van der Waals surface area contributed by atoms with Crippen molar-refractivity contribution in [3.05, 3.63) is 28.3 Å². The van der Waals surface area contributed by atoms with E-state index >= 15 is 0 Å². The predicted molar refractivity (Wildman–Crippen MR) is 81.0 cm³/mol. The number of hydrogen-bond donors (Lipinski definition) is 1. The van der Waals surface area contributed by atoms with Crippen LogP contribution >= 0.6 is 0 Å². The van der Waals surface area contributed by atoms with Crippen LogP contribution in [-0.2, 0) is 0 Å². The van der Waals surface area contributed by atoms with Gasteiger partial charge >= 0.3 is 0 Å². The molecule has 1 aromatic carbocycles. The number of rotatable bonds is 6. The predicted octanol–water partition coefficient (Wildman–Crippen LogP) is 2.73. The van der Waals surface area contributed by atoms with Gasteiger partial charge in [-0.15, -0.1) is 0 Å². The minimum absolute atomic E-state index is 0.00112. The van der Waals surface area contributed by atoms with E-state index in [0.717, 1.165) is 25.7 Å². The standard InChI is InChI=1S/C15H22N2O4/c1-3-21-14-9-12(8-13(10-14)17(19)20)16(2)11-15(18)6-4-5-7-15/h8-10,18H,3-7,11H2,1-2H3. The summed E-state index contributed by atoms with van der Waals surface area (Å²) in [6, 6.07) is 4.71. The average Bonchev–Trinajstić information content (AvgIpc) is 2.85. The minimum Gasteiger partial charge on any atom is -0.494 e. The third-order valence-corrected chi connectivity index (χ3v) is 3.90. The summed E-state index contributed by atoms with van der Waals surface area (Å²) in [4.78, 5) is 12.5. The fraction of sp³-hybridized carbons (Fsp3) is 0.600. The molecule has 0 saturated heterocycles. The molecule has 2 rings (SSSR count). The molecule has 0 atom stereocenters. The number of likely N-dealkylation sites (N-methyl/N-ethyl adjacent to an activating group) is 1. The number of nitro benzene ring substituents is 1. The van der Waals surface area contributed by atoms with Crippen LogP contribution in [0.1, 0.15) is 32.6 Å². The van der Waals surface area contributed by atoms with E-state index in [0.29, 0.717) is 24.6 Å². The van der Waals surface area contributed by atoms with E-state index in [1.165, 1.54) is 12.1 Å². The number of nitrogens with zero attached hydrogens (tertiary/aromatic N) is 2. The summed E-state index contributed by atoms with van der Waals surface area (Å²) in [5, 5.41) is 21.5. The third-order valence-electron chi connectivity index (χ3n) is 3.90. The van der Waals surface area contributed by atoms with Crippen molar-refractivity contribution in [3.63, 3.8) is 0 Å². The van der Waals surface area contributed by atoms with Crippen LogP contribution in [0.2, 0.25) is 0 Å². The van der Waals surface area contributed by atoms with E-state index in [9.17, 15) is 15.2 Å². The molecule has 1 N–H and O–H groups in total. The Labute approximate surface area is 124 Å². The maximum atomic E-state index is 11.0. The van der Waals surface area contributed by atoms with Crippen LogP contribution in [-0.4, -0.2) is 35.8 Å². The highest BCUT2D eigenvalue weighted by Gasteiger charge is 2.32. The summed E-state index contributed by atoms with van der Waals surface area (Å²) < 4.78 is 5.39. The van der Waals surface area contributed by atoms with Crippen LogP contribution in [0.25, 0.3) is 0 Å². The number of hydrogen-bond acceptors (Lipinski definition) is 5.